The highest BCUT2D eigenvalue weighted by molar-refractivity contribution is 5.31. The Morgan fingerprint density at radius 2 is 1.65 bits per heavy atom. The first-order valence-electron chi connectivity index (χ1n) is 6.75. The molecule has 1 saturated heterocycles. The molecule has 0 aromatic heterocycles. The predicted octanol–water partition coefficient (Wildman–Crippen LogP) is 2.92. The molecule has 0 spiro atoms. The highest BCUT2D eigenvalue weighted by Gasteiger charge is 2.29. The summed E-state index contributed by atoms with van der Waals surface area (Å²) in [6, 6.07) is 8.95. The molecule has 17 heavy (non-hydrogen) atoms. The Labute approximate surface area is 103 Å². The molecule has 3 rings (SSSR count). The van der Waals surface area contributed by atoms with Crippen LogP contribution in [0.15, 0.2) is 24.3 Å². The fourth-order valence-electron chi connectivity index (χ4n) is 2.99. The zero-order valence-electron chi connectivity index (χ0n) is 10.3. The first kappa shape index (κ1) is 11.2. The summed E-state index contributed by atoms with van der Waals surface area (Å²) in [7, 11) is 0. The summed E-state index contributed by atoms with van der Waals surface area (Å²) in [5, 5.41) is 0. The van der Waals surface area contributed by atoms with E-state index in [9.17, 15) is 0 Å². The van der Waals surface area contributed by atoms with Gasteiger partial charge in [-0.1, -0.05) is 43.5 Å². The molecule has 1 aromatic rings. The first-order valence-corrected chi connectivity index (χ1v) is 6.75. The molecule has 1 aromatic carbocycles. The van der Waals surface area contributed by atoms with Crippen LogP contribution >= 0.6 is 0 Å². The number of hydrogen-bond acceptors (Lipinski definition) is 2. The summed E-state index contributed by atoms with van der Waals surface area (Å²) < 4.78 is 5.23. The highest BCUT2D eigenvalue weighted by atomic mass is 16.5. The molecule has 2 fully saturated rings. The molecule has 0 atom stereocenters. The molecule has 0 bridgehead atoms. The van der Waals surface area contributed by atoms with Crippen LogP contribution in [0.1, 0.15) is 49.1 Å². The van der Waals surface area contributed by atoms with E-state index >= 15 is 0 Å². The summed E-state index contributed by atoms with van der Waals surface area (Å²) in [4.78, 5) is 0. The number of nitrogens with two attached hydrogens (primary N) is 1. The molecule has 2 aliphatic rings. The third-order valence-corrected chi connectivity index (χ3v) is 4.34. The summed E-state index contributed by atoms with van der Waals surface area (Å²) in [5.74, 6) is 0.615. The van der Waals surface area contributed by atoms with Crippen molar-refractivity contribution in [2.45, 2.75) is 43.6 Å². The van der Waals surface area contributed by atoms with Crippen LogP contribution in [-0.4, -0.2) is 13.2 Å². The van der Waals surface area contributed by atoms with Crippen LogP contribution in [0.4, 0.5) is 0 Å². The molecule has 92 valence electrons. The maximum Gasteiger partial charge on any atom is 0.0557 e. The van der Waals surface area contributed by atoms with Crippen molar-refractivity contribution in [1.82, 2.24) is 0 Å². The van der Waals surface area contributed by atoms with Gasteiger partial charge in [-0.2, -0.15) is 0 Å². The van der Waals surface area contributed by atoms with Crippen LogP contribution in [0.5, 0.6) is 0 Å². The van der Waals surface area contributed by atoms with Gasteiger partial charge in [0.1, 0.15) is 0 Å². The Morgan fingerprint density at radius 3 is 2.18 bits per heavy atom. The van der Waals surface area contributed by atoms with E-state index in [0.717, 1.165) is 26.1 Å². The SMILES string of the molecule is NC1(c2ccc(C3COC3)cc2)CCCCC1. The van der Waals surface area contributed by atoms with E-state index in [4.69, 9.17) is 10.5 Å². The van der Waals surface area contributed by atoms with E-state index in [-0.39, 0.29) is 5.54 Å². The third-order valence-electron chi connectivity index (χ3n) is 4.34. The lowest BCUT2D eigenvalue weighted by Gasteiger charge is -2.34. The maximum absolute atomic E-state index is 6.53. The van der Waals surface area contributed by atoms with Crippen molar-refractivity contribution in [2.24, 2.45) is 5.73 Å². The minimum absolute atomic E-state index is 0.0626. The van der Waals surface area contributed by atoms with Crippen LogP contribution in [-0.2, 0) is 10.3 Å². The minimum atomic E-state index is -0.0626. The van der Waals surface area contributed by atoms with Crippen molar-refractivity contribution in [3.8, 4) is 0 Å². The van der Waals surface area contributed by atoms with Crippen molar-refractivity contribution >= 4 is 0 Å². The Hall–Kier alpha value is -0.860. The molecule has 0 unspecified atom stereocenters. The maximum atomic E-state index is 6.53. The van der Waals surface area contributed by atoms with Gasteiger partial charge >= 0.3 is 0 Å². The van der Waals surface area contributed by atoms with Gasteiger partial charge in [0.05, 0.1) is 13.2 Å². The van der Waals surface area contributed by atoms with Crippen LogP contribution in [0.2, 0.25) is 0 Å². The van der Waals surface area contributed by atoms with Gasteiger partial charge < -0.3 is 10.5 Å². The van der Waals surface area contributed by atoms with Gasteiger partial charge in [-0.25, -0.2) is 0 Å². The Balaban J connectivity index is 1.78. The van der Waals surface area contributed by atoms with Crippen molar-refractivity contribution < 1.29 is 4.74 Å². The van der Waals surface area contributed by atoms with Crippen molar-refractivity contribution in [3.63, 3.8) is 0 Å². The zero-order chi connectivity index (χ0) is 11.7. The molecule has 1 heterocycles. The number of ether oxygens (including phenoxy) is 1. The van der Waals surface area contributed by atoms with Crippen molar-refractivity contribution in [3.05, 3.63) is 35.4 Å². The van der Waals surface area contributed by atoms with Crippen molar-refractivity contribution in [1.29, 1.82) is 0 Å². The monoisotopic (exact) mass is 231 g/mol. The fourth-order valence-corrected chi connectivity index (χ4v) is 2.99. The molecule has 0 amide bonds. The predicted molar refractivity (Wildman–Crippen MR) is 69.0 cm³/mol. The summed E-state index contributed by atoms with van der Waals surface area (Å²) in [5.41, 5.74) is 9.19. The lowest BCUT2D eigenvalue weighted by Crippen LogP contribution is -2.38. The van der Waals surface area contributed by atoms with E-state index in [1.807, 2.05) is 0 Å². The second-order valence-electron chi connectivity index (χ2n) is 5.57. The Bertz CT molecular complexity index is 374. The summed E-state index contributed by atoms with van der Waals surface area (Å²) in [6.45, 7) is 1.76. The lowest BCUT2D eigenvalue weighted by atomic mass is 9.77. The Kier molecular flexibility index (Phi) is 2.93. The zero-order valence-corrected chi connectivity index (χ0v) is 10.3. The molecule has 1 saturated carbocycles. The topological polar surface area (TPSA) is 35.2 Å². The van der Waals surface area contributed by atoms with Crippen LogP contribution in [0.3, 0.4) is 0 Å². The molecular weight excluding hydrogens is 210 g/mol. The molecule has 1 aliphatic carbocycles. The molecule has 2 heteroatoms. The highest BCUT2D eigenvalue weighted by Crippen LogP contribution is 2.35. The lowest BCUT2D eigenvalue weighted by molar-refractivity contribution is 0.00841. The van der Waals surface area contributed by atoms with E-state index in [1.165, 1.54) is 30.4 Å². The minimum Gasteiger partial charge on any atom is -0.380 e. The average molecular weight is 231 g/mol. The van der Waals surface area contributed by atoms with Crippen LogP contribution in [0, 0.1) is 0 Å². The van der Waals surface area contributed by atoms with Crippen LogP contribution in [0.25, 0.3) is 0 Å². The summed E-state index contributed by atoms with van der Waals surface area (Å²) in [6.07, 6.45) is 6.16. The van der Waals surface area contributed by atoms with Gasteiger partial charge in [-0.05, 0) is 24.0 Å². The smallest absolute Gasteiger partial charge is 0.0557 e. The molecule has 1 aliphatic heterocycles. The Morgan fingerprint density at radius 1 is 1.00 bits per heavy atom. The van der Waals surface area contributed by atoms with Crippen molar-refractivity contribution in [2.75, 3.05) is 13.2 Å². The van der Waals surface area contributed by atoms with Gasteiger partial charge in [0.25, 0.3) is 0 Å². The van der Waals surface area contributed by atoms with E-state index in [0.29, 0.717) is 5.92 Å². The second kappa shape index (κ2) is 4.43. The van der Waals surface area contributed by atoms with Gasteiger partial charge in [0, 0.05) is 11.5 Å². The van der Waals surface area contributed by atoms with E-state index in [2.05, 4.69) is 24.3 Å². The number of benzene rings is 1. The van der Waals surface area contributed by atoms with Gasteiger partial charge in [-0.15, -0.1) is 0 Å². The number of hydrogen-bond donors (Lipinski definition) is 1. The molecule has 2 nitrogen and oxygen atoms in total. The van der Waals surface area contributed by atoms with Gasteiger partial charge in [-0.3, -0.25) is 0 Å². The fraction of sp³-hybridized carbons (Fsp3) is 0.600. The van der Waals surface area contributed by atoms with Crippen LogP contribution < -0.4 is 5.73 Å². The normalized spacial score (nSPS) is 24.3. The van der Waals surface area contributed by atoms with E-state index in [1.54, 1.807) is 0 Å². The third kappa shape index (κ3) is 2.12. The number of rotatable bonds is 2. The van der Waals surface area contributed by atoms with Gasteiger partial charge in [0.2, 0.25) is 0 Å². The van der Waals surface area contributed by atoms with Gasteiger partial charge in [0.15, 0.2) is 0 Å². The molecular formula is C15H21NO. The second-order valence-corrected chi connectivity index (χ2v) is 5.57. The average Bonchev–Trinajstić information content (AvgIpc) is 2.28. The summed E-state index contributed by atoms with van der Waals surface area (Å²) >= 11 is 0. The molecule has 0 radical (unpaired) electrons. The van der Waals surface area contributed by atoms with E-state index < -0.39 is 0 Å². The quantitative estimate of drug-likeness (QED) is 0.849. The largest absolute Gasteiger partial charge is 0.380 e. The standard InChI is InChI=1S/C15H21NO/c16-15(8-2-1-3-9-15)14-6-4-12(5-7-14)13-10-17-11-13/h4-7,13H,1-3,8-11,16H2. The first-order chi connectivity index (χ1) is 8.28. The molecule has 2 N–H and O–H groups in total.